The third-order valence-electron chi connectivity index (χ3n) is 6.29. The molecule has 6 rings (SSSR count). The number of alkyl halides is 3. The normalized spacial score (nSPS) is 11.8. The van der Waals surface area contributed by atoms with Crippen molar-refractivity contribution in [2.45, 2.75) is 12.7 Å². The lowest BCUT2D eigenvalue weighted by molar-refractivity contribution is -0.142. The average molecular weight is 581 g/mol. The molecule has 40 heavy (non-hydrogen) atoms. The van der Waals surface area contributed by atoms with E-state index in [2.05, 4.69) is 20.5 Å². The zero-order valence-electron chi connectivity index (χ0n) is 20.3. The van der Waals surface area contributed by atoms with Gasteiger partial charge in [-0.05, 0) is 34.5 Å². The highest BCUT2D eigenvalue weighted by Crippen LogP contribution is 2.35. The van der Waals surface area contributed by atoms with E-state index >= 15 is 0 Å². The summed E-state index contributed by atoms with van der Waals surface area (Å²) in [6, 6.07) is 18.7. The van der Waals surface area contributed by atoms with Gasteiger partial charge in [-0.2, -0.15) is 23.4 Å². The predicted octanol–water partition coefficient (Wildman–Crippen LogP) is 7.37. The second-order valence-electron chi connectivity index (χ2n) is 8.97. The van der Waals surface area contributed by atoms with E-state index in [-0.39, 0.29) is 16.9 Å². The number of hydrogen-bond donors (Lipinski definition) is 1. The summed E-state index contributed by atoms with van der Waals surface area (Å²) in [5, 5.41) is 13.2. The van der Waals surface area contributed by atoms with Crippen LogP contribution in [-0.4, -0.2) is 30.3 Å². The number of amides is 1. The molecule has 0 aliphatic rings. The summed E-state index contributed by atoms with van der Waals surface area (Å²) in [6.07, 6.45) is -0.661. The van der Waals surface area contributed by atoms with Crippen molar-refractivity contribution in [1.29, 1.82) is 0 Å². The van der Waals surface area contributed by atoms with Gasteiger partial charge in [0.05, 0.1) is 40.4 Å². The number of carbonyl (C=O) groups is 1. The highest BCUT2D eigenvalue weighted by atomic mass is 35.5. The van der Waals surface area contributed by atoms with Crippen LogP contribution >= 0.6 is 23.2 Å². The number of fused-ring (bicyclic) bond motifs is 2. The molecule has 0 spiro atoms. The van der Waals surface area contributed by atoms with E-state index in [0.29, 0.717) is 32.4 Å². The molecule has 3 aromatic heterocycles. The minimum atomic E-state index is -4.74. The Morgan fingerprint density at radius 1 is 0.925 bits per heavy atom. The van der Waals surface area contributed by atoms with Gasteiger partial charge in [0, 0.05) is 11.8 Å². The monoisotopic (exact) mass is 580 g/mol. The number of anilines is 1. The molecule has 1 amide bonds. The molecular weight excluding hydrogens is 564 g/mol. The number of nitrogens with one attached hydrogen (secondary N) is 1. The first-order chi connectivity index (χ1) is 19.2. The largest absolute Gasteiger partial charge is 0.433 e. The number of aromatic nitrogens is 5. The van der Waals surface area contributed by atoms with Crippen LogP contribution in [-0.2, 0) is 12.7 Å². The molecule has 0 radical (unpaired) electrons. The van der Waals surface area contributed by atoms with Crippen LogP contribution in [0.5, 0.6) is 0 Å². The van der Waals surface area contributed by atoms with Crippen LogP contribution in [0.25, 0.3) is 27.7 Å². The number of benzene rings is 3. The van der Waals surface area contributed by atoms with Crippen LogP contribution in [0.1, 0.15) is 21.6 Å². The smallest absolute Gasteiger partial charge is 0.319 e. The minimum Gasteiger partial charge on any atom is -0.319 e. The van der Waals surface area contributed by atoms with E-state index in [1.54, 1.807) is 47.3 Å². The number of halogens is 5. The van der Waals surface area contributed by atoms with Gasteiger partial charge in [-0.15, -0.1) is 0 Å². The zero-order chi connectivity index (χ0) is 28.0. The zero-order valence-corrected chi connectivity index (χ0v) is 21.8. The first kappa shape index (κ1) is 25.8. The molecule has 1 N–H and O–H groups in total. The summed E-state index contributed by atoms with van der Waals surface area (Å²) >= 11 is 12.0. The maximum Gasteiger partial charge on any atom is 0.433 e. The van der Waals surface area contributed by atoms with E-state index in [4.69, 9.17) is 23.2 Å². The van der Waals surface area contributed by atoms with Gasteiger partial charge < -0.3 is 5.32 Å². The molecule has 3 aromatic carbocycles. The Kier molecular flexibility index (Phi) is 6.44. The molecule has 200 valence electrons. The molecule has 6 aromatic rings. The Morgan fingerprint density at radius 2 is 1.73 bits per heavy atom. The fourth-order valence-corrected chi connectivity index (χ4v) is 4.77. The van der Waals surface area contributed by atoms with Gasteiger partial charge in [-0.3, -0.25) is 9.48 Å². The fraction of sp³-hybridized carbons (Fsp3) is 0.0714. The summed E-state index contributed by atoms with van der Waals surface area (Å²) in [4.78, 5) is 17.7. The molecule has 0 aliphatic heterocycles. The van der Waals surface area contributed by atoms with Crippen molar-refractivity contribution in [2.75, 3.05) is 5.32 Å². The van der Waals surface area contributed by atoms with E-state index in [1.165, 1.54) is 6.20 Å². The maximum absolute atomic E-state index is 14.1. The lowest BCUT2D eigenvalue weighted by Gasteiger charge is -2.13. The van der Waals surface area contributed by atoms with E-state index in [1.807, 2.05) is 24.3 Å². The van der Waals surface area contributed by atoms with E-state index < -0.39 is 17.8 Å². The van der Waals surface area contributed by atoms with Gasteiger partial charge in [0.2, 0.25) is 0 Å². The minimum absolute atomic E-state index is 0.0700. The van der Waals surface area contributed by atoms with Gasteiger partial charge in [-0.1, -0.05) is 71.7 Å². The van der Waals surface area contributed by atoms with Crippen LogP contribution in [0.4, 0.5) is 18.9 Å². The van der Waals surface area contributed by atoms with Gasteiger partial charge in [0.15, 0.2) is 11.3 Å². The maximum atomic E-state index is 14.1. The van der Waals surface area contributed by atoms with Crippen molar-refractivity contribution >= 4 is 51.2 Å². The van der Waals surface area contributed by atoms with Crippen molar-refractivity contribution < 1.29 is 18.0 Å². The number of nitrogens with zero attached hydrogens (tertiary/aromatic N) is 5. The fourth-order valence-electron chi connectivity index (χ4n) is 4.45. The Balaban J connectivity index is 1.35. The third-order valence-corrected chi connectivity index (χ3v) is 7.03. The topological polar surface area (TPSA) is 77.1 Å². The Hall–Kier alpha value is -4.41. The third kappa shape index (κ3) is 4.87. The quantitative estimate of drug-likeness (QED) is 0.231. The molecule has 7 nitrogen and oxygen atoms in total. The predicted molar refractivity (Wildman–Crippen MR) is 147 cm³/mol. The SMILES string of the molecule is O=C(Nc1cnn(Cc2ccc(Cl)c(Cl)c2)c1)c1cnn2c(C(F)(F)F)cc(-c3cccc4ccccc34)nc12. The summed E-state index contributed by atoms with van der Waals surface area (Å²) in [5.41, 5.74) is 0.355. The molecule has 0 aliphatic carbocycles. The molecular formula is C28H17Cl2F3N6O. The molecule has 0 fully saturated rings. The number of carbonyl (C=O) groups excluding carboxylic acids is 1. The number of rotatable bonds is 5. The second kappa shape index (κ2) is 9.96. The molecule has 0 saturated heterocycles. The summed E-state index contributed by atoms with van der Waals surface area (Å²) in [5.74, 6) is -0.681. The van der Waals surface area contributed by atoms with Crippen LogP contribution in [0.2, 0.25) is 10.0 Å². The lowest BCUT2D eigenvalue weighted by Crippen LogP contribution is -2.15. The first-order valence-electron chi connectivity index (χ1n) is 11.9. The lowest BCUT2D eigenvalue weighted by atomic mass is 10.0. The van der Waals surface area contributed by atoms with E-state index in [9.17, 15) is 18.0 Å². The Labute approximate surface area is 234 Å². The Bertz CT molecular complexity index is 1910. The van der Waals surface area contributed by atoms with Gasteiger partial charge in [-0.25, -0.2) is 9.50 Å². The molecule has 0 unspecified atom stereocenters. The van der Waals surface area contributed by atoms with Crippen LogP contribution in [0.3, 0.4) is 0 Å². The first-order valence-corrected chi connectivity index (χ1v) is 12.6. The highest BCUT2D eigenvalue weighted by molar-refractivity contribution is 6.42. The molecule has 0 atom stereocenters. The second-order valence-corrected chi connectivity index (χ2v) is 9.79. The van der Waals surface area contributed by atoms with Crippen molar-refractivity contribution in [3.8, 4) is 11.3 Å². The summed E-state index contributed by atoms with van der Waals surface area (Å²) in [7, 11) is 0. The van der Waals surface area contributed by atoms with Crippen LogP contribution < -0.4 is 5.32 Å². The van der Waals surface area contributed by atoms with Crippen molar-refractivity contribution in [3.05, 3.63) is 112 Å². The summed E-state index contributed by atoms with van der Waals surface area (Å²) < 4.78 is 44.5. The molecule has 0 bridgehead atoms. The number of hydrogen-bond acceptors (Lipinski definition) is 4. The van der Waals surface area contributed by atoms with Gasteiger partial charge in [0.25, 0.3) is 5.91 Å². The highest BCUT2D eigenvalue weighted by Gasteiger charge is 2.36. The standard InChI is InChI=1S/C28H17Cl2F3N6O/c29-22-9-8-16(10-23(22)30)14-38-15-18(12-34-38)36-27(40)21-13-35-39-25(28(31,32)33)11-24(37-26(21)39)20-7-3-5-17-4-1-2-6-19(17)20/h1-13,15H,14H2,(H,36,40). The van der Waals surface area contributed by atoms with Gasteiger partial charge >= 0.3 is 6.18 Å². The van der Waals surface area contributed by atoms with Crippen molar-refractivity contribution in [1.82, 2.24) is 24.4 Å². The average Bonchev–Trinajstić information content (AvgIpc) is 3.56. The van der Waals surface area contributed by atoms with Gasteiger partial charge in [0.1, 0.15) is 5.56 Å². The van der Waals surface area contributed by atoms with Crippen LogP contribution in [0.15, 0.2) is 85.3 Å². The van der Waals surface area contributed by atoms with Crippen molar-refractivity contribution in [3.63, 3.8) is 0 Å². The Morgan fingerprint density at radius 3 is 2.52 bits per heavy atom. The molecule has 0 saturated carbocycles. The van der Waals surface area contributed by atoms with E-state index in [0.717, 1.165) is 28.6 Å². The molecule has 12 heteroatoms. The van der Waals surface area contributed by atoms with Crippen LogP contribution in [0, 0.1) is 0 Å². The van der Waals surface area contributed by atoms with Crippen molar-refractivity contribution in [2.24, 2.45) is 0 Å². The summed E-state index contributed by atoms with van der Waals surface area (Å²) in [6.45, 7) is 0.356. The molecule has 3 heterocycles.